The lowest BCUT2D eigenvalue weighted by molar-refractivity contribution is 0.0720. The predicted octanol–water partition coefficient (Wildman–Crippen LogP) is 5.61. The molecule has 150 valence electrons. The fourth-order valence-electron chi connectivity index (χ4n) is 2.79. The van der Waals surface area contributed by atoms with Crippen molar-refractivity contribution in [1.29, 1.82) is 0 Å². The molecule has 1 heterocycles. The highest BCUT2D eigenvalue weighted by Gasteiger charge is 2.38. The van der Waals surface area contributed by atoms with Crippen LogP contribution in [0.4, 0.5) is 4.79 Å². The molecule has 0 aliphatic carbocycles. The van der Waals surface area contributed by atoms with E-state index in [0.717, 1.165) is 12.0 Å². The van der Waals surface area contributed by atoms with Gasteiger partial charge in [-0.2, -0.15) is 0 Å². The van der Waals surface area contributed by atoms with Crippen LogP contribution in [-0.4, -0.2) is 38.5 Å². The number of hydrogen-bond donors (Lipinski definition) is 0. The van der Waals surface area contributed by atoms with E-state index >= 15 is 0 Å². The lowest BCUT2D eigenvalue weighted by atomic mass is 10.1. The summed E-state index contributed by atoms with van der Waals surface area (Å²) in [6.07, 6.45) is 5.00. The van der Waals surface area contributed by atoms with E-state index in [1.54, 1.807) is 0 Å². The van der Waals surface area contributed by atoms with Gasteiger partial charge in [-0.05, 0) is 36.0 Å². The first-order valence-electron chi connectivity index (χ1n) is 9.88. The van der Waals surface area contributed by atoms with E-state index in [-0.39, 0.29) is 17.2 Å². The van der Waals surface area contributed by atoms with E-state index in [2.05, 4.69) is 52.9 Å². The first kappa shape index (κ1) is 21.7. The Morgan fingerprint density at radius 2 is 1.89 bits per heavy atom. The number of rotatable bonds is 5. The molecule has 0 spiro atoms. The second kappa shape index (κ2) is 9.07. The largest absolute Gasteiger partial charge is 0.445 e. The molecule has 0 saturated carbocycles. The number of allylic oxidation sites excluding steroid dienone is 1. The van der Waals surface area contributed by atoms with Crippen molar-refractivity contribution in [3.8, 4) is 0 Å². The molecule has 27 heavy (non-hydrogen) atoms. The van der Waals surface area contributed by atoms with E-state index in [0.29, 0.717) is 25.7 Å². The van der Waals surface area contributed by atoms with E-state index in [9.17, 15) is 4.79 Å². The quantitative estimate of drug-likeness (QED) is 0.485. The van der Waals surface area contributed by atoms with Crippen LogP contribution in [0, 0.1) is 5.92 Å². The first-order valence-corrected chi connectivity index (χ1v) is 12.8. The average Bonchev–Trinajstić information content (AvgIpc) is 2.79. The molecule has 1 aromatic rings. The summed E-state index contributed by atoms with van der Waals surface area (Å²) in [5.74, 6) is 0.406. The topological polar surface area (TPSA) is 38.8 Å². The SMILES string of the molecule is C[C@H]1CC=C[C@H](CO[Si](C)(C)C(C)(C)C)N(C(=O)OCc2ccccc2)C1. The van der Waals surface area contributed by atoms with Gasteiger partial charge in [-0.15, -0.1) is 0 Å². The molecule has 2 atom stereocenters. The summed E-state index contributed by atoms with van der Waals surface area (Å²) in [4.78, 5) is 14.7. The minimum absolute atomic E-state index is 0.0765. The maximum Gasteiger partial charge on any atom is 0.410 e. The monoisotopic (exact) mass is 389 g/mol. The molecule has 1 aliphatic rings. The Kier molecular flexibility index (Phi) is 7.29. The van der Waals surface area contributed by atoms with Gasteiger partial charge in [-0.1, -0.05) is 70.2 Å². The van der Waals surface area contributed by atoms with Gasteiger partial charge >= 0.3 is 6.09 Å². The number of amides is 1. The summed E-state index contributed by atoms with van der Waals surface area (Å²) in [6, 6.07) is 9.73. The van der Waals surface area contributed by atoms with Crippen molar-refractivity contribution in [3.63, 3.8) is 0 Å². The highest BCUT2D eigenvalue weighted by atomic mass is 28.4. The van der Waals surface area contributed by atoms with Crippen LogP contribution in [0.3, 0.4) is 0 Å². The Hall–Kier alpha value is -1.59. The molecular formula is C22H35NO3Si. The molecule has 0 radical (unpaired) electrons. The van der Waals surface area contributed by atoms with Crippen molar-refractivity contribution in [2.45, 2.75) is 64.9 Å². The van der Waals surface area contributed by atoms with Gasteiger partial charge in [-0.3, -0.25) is 4.90 Å². The van der Waals surface area contributed by atoms with E-state index in [1.165, 1.54) is 0 Å². The summed E-state index contributed by atoms with van der Waals surface area (Å²) < 4.78 is 12.0. The molecule has 0 unspecified atom stereocenters. The van der Waals surface area contributed by atoms with Gasteiger partial charge in [-0.25, -0.2) is 4.79 Å². The molecule has 0 bridgehead atoms. The smallest absolute Gasteiger partial charge is 0.410 e. The van der Waals surface area contributed by atoms with Gasteiger partial charge in [0.2, 0.25) is 0 Å². The molecule has 1 aromatic carbocycles. The van der Waals surface area contributed by atoms with E-state index in [1.807, 2.05) is 35.2 Å². The van der Waals surface area contributed by atoms with E-state index < -0.39 is 8.32 Å². The maximum absolute atomic E-state index is 12.8. The Morgan fingerprint density at radius 1 is 1.22 bits per heavy atom. The standard InChI is InChI=1S/C22H35NO3Si/c1-18-11-10-14-20(17-26-27(5,6)22(2,3)4)23(15-18)21(24)25-16-19-12-8-7-9-13-19/h7-10,12-14,18,20H,11,15-17H2,1-6H3/t18-,20+/m0/s1. The maximum atomic E-state index is 12.8. The predicted molar refractivity (Wildman–Crippen MR) is 113 cm³/mol. The molecule has 0 N–H and O–H groups in total. The lowest BCUT2D eigenvalue weighted by Gasteiger charge is -2.38. The van der Waals surface area contributed by atoms with Gasteiger partial charge in [0.1, 0.15) is 6.61 Å². The minimum atomic E-state index is -1.87. The summed E-state index contributed by atoms with van der Waals surface area (Å²) in [5.41, 5.74) is 0.998. The molecule has 5 heteroatoms. The third-order valence-corrected chi connectivity index (χ3v) is 10.2. The fourth-order valence-corrected chi connectivity index (χ4v) is 3.81. The Bertz CT molecular complexity index is 637. The summed E-state index contributed by atoms with van der Waals surface area (Å²) >= 11 is 0. The molecule has 2 rings (SSSR count). The lowest BCUT2D eigenvalue weighted by Crippen LogP contribution is -2.48. The van der Waals surface area contributed by atoms with Crippen LogP contribution in [0.1, 0.15) is 39.7 Å². The van der Waals surface area contributed by atoms with Gasteiger partial charge in [0, 0.05) is 6.54 Å². The van der Waals surface area contributed by atoms with Crippen molar-refractivity contribution in [2.75, 3.05) is 13.2 Å². The molecule has 0 aromatic heterocycles. The second-order valence-electron chi connectivity index (χ2n) is 9.10. The first-order chi connectivity index (χ1) is 12.6. The minimum Gasteiger partial charge on any atom is -0.445 e. The Labute approximate surface area is 165 Å². The second-order valence-corrected chi connectivity index (χ2v) is 13.9. The van der Waals surface area contributed by atoms with Gasteiger partial charge < -0.3 is 9.16 Å². The number of ether oxygens (including phenoxy) is 1. The van der Waals surface area contributed by atoms with Crippen molar-refractivity contribution >= 4 is 14.4 Å². The van der Waals surface area contributed by atoms with Crippen molar-refractivity contribution in [3.05, 3.63) is 48.0 Å². The normalized spacial score (nSPS) is 21.0. The van der Waals surface area contributed by atoms with Crippen molar-refractivity contribution in [1.82, 2.24) is 4.90 Å². The summed E-state index contributed by atoms with van der Waals surface area (Å²) in [7, 11) is -1.87. The fraction of sp³-hybridized carbons (Fsp3) is 0.591. The molecule has 0 fully saturated rings. The number of nitrogens with zero attached hydrogens (tertiary/aromatic N) is 1. The number of benzene rings is 1. The Morgan fingerprint density at radius 3 is 2.52 bits per heavy atom. The van der Waals surface area contributed by atoms with Crippen LogP contribution < -0.4 is 0 Å². The Balaban J connectivity index is 2.04. The van der Waals surface area contributed by atoms with Gasteiger partial charge in [0.25, 0.3) is 0 Å². The highest BCUT2D eigenvalue weighted by Crippen LogP contribution is 2.36. The van der Waals surface area contributed by atoms with Crippen LogP contribution in [0.15, 0.2) is 42.5 Å². The van der Waals surface area contributed by atoms with Crippen molar-refractivity contribution < 1.29 is 14.0 Å². The third kappa shape index (κ3) is 6.21. The molecule has 1 amide bonds. The number of carbonyl (C=O) groups is 1. The van der Waals surface area contributed by atoms with Crippen LogP contribution in [-0.2, 0) is 15.8 Å². The van der Waals surface area contributed by atoms with Gasteiger partial charge in [0.05, 0.1) is 12.6 Å². The molecular weight excluding hydrogens is 354 g/mol. The number of carbonyl (C=O) groups excluding carboxylic acids is 1. The van der Waals surface area contributed by atoms with Crippen LogP contribution in [0.2, 0.25) is 18.1 Å². The third-order valence-electron chi connectivity index (χ3n) is 5.67. The van der Waals surface area contributed by atoms with Gasteiger partial charge in [0.15, 0.2) is 8.32 Å². The zero-order valence-corrected chi connectivity index (χ0v) is 18.7. The van der Waals surface area contributed by atoms with E-state index in [4.69, 9.17) is 9.16 Å². The van der Waals surface area contributed by atoms with Crippen LogP contribution in [0.5, 0.6) is 0 Å². The average molecular weight is 390 g/mol. The highest BCUT2D eigenvalue weighted by molar-refractivity contribution is 6.74. The van der Waals surface area contributed by atoms with Crippen LogP contribution >= 0.6 is 0 Å². The molecule has 4 nitrogen and oxygen atoms in total. The van der Waals surface area contributed by atoms with Crippen LogP contribution in [0.25, 0.3) is 0 Å². The number of hydrogen-bond acceptors (Lipinski definition) is 3. The molecule has 0 saturated heterocycles. The zero-order valence-electron chi connectivity index (χ0n) is 17.7. The zero-order chi connectivity index (χ0) is 20.1. The summed E-state index contributed by atoms with van der Waals surface area (Å²) in [5, 5.41) is 0.146. The van der Waals surface area contributed by atoms with Crippen molar-refractivity contribution in [2.24, 2.45) is 5.92 Å². The molecule has 1 aliphatic heterocycles. The summed E-state index contributed by atoms with van der Waals surface area (Å²) in [6.45, 7) is 14.9.